The van der Waals surface area contributed by atoms with Crippen LogP contribution in [0.15, 0.2) is 0 Å². The Morgan fingerprint density at radius 3 is 3.00 bits per heavy atom. The van der Waals surface area contributed by atoms with E-state index in [1.165, 1.54) is 32.4 Å². The minimum absolute atomic E-state index is 0.485. The number of nitrogens with zero attached hydrogens (tertiary/aromatic N) is 1. The zero-order chi connectivity index (χ0) is 11.8. The molecule has 0 saturated carbocycles. The van der Waals surface area contributed by atoms with E-state index in [9.17, 15) is 0 Å². The molecule has 16 heavy (non-hydrogen) atoms. The number of ether oxygens (including phenoxy) is 1. The van der Waals surface area contributed by atoms with Gasteiger partial charge in [0.25, 0.3) is 0 Å². The van der Waals surface area contributed by atoms with E-state index in [0.717, 1.165) is 19.6 Å². The molecule has 0 aromatic rings. The second-order valence-corrected chi connectivity index (χ2v) is 4.91. The number of rotatable bonds is 7. The maximum absolute atomic E-state index is 5.84. The first-order valence-corrected chi connectivity index (χ1v) is 6.77. The molecule has 2 atom stereocenters. The average Bonchev–Trinajstić information content (AvgIpc) is 2.34. The van der Waals surface area contributed by atoms with Gasteiger partial charge in [-0.25, -0.2) is 0 Å². The molecule has 0 aliphatic carbocycles. The lowest BCUT2D eigenvalue weighted by Crippen LogP contribution is -2.41. The Balaban J connectivity index is 2.17. The van der Waals surface area contributed by atoms with E-state index >= 15 is 0 Å². The summed E-state index contributed by atoms with van der Waals surface area (Å²) >= 11 is 0. The highest BCUT2D eigenvalue weighted by Crippen LogP contribution is 2.14. The van der Waals surface area contributed by atoms with Crippen LogP contribution < -0.4 is 5.32 Å². The van der Waals surface area contributed by atoms with E-state index in [2.05, 4.69) is 24.1 Å². The quantitative estimate of drug-likeness (QED) is 0.720. The first-order chi connectivity index (χ1) is 7.76. The number of likely N-dealkylation sites (tertiary alicyclic amines) is 1. The van der Waals surface area contributed by atoms with Crippen molar-refractivity contribution in [2.24, 2.45) is 0 Å². The van der Waals surface area contributed by atoms with E-state index in [0.29, 0.717) is 12.1 Å². The lowest BCUT2D eigenvalue weighted by atomic mass is 10.1. The summed E-state index contributed by atoms with van der Waals surface area (Å²) < 4.78 is 5.84. The topological polar surface area (TPSA) is 24.5 Å². The maximum Gasteiger partial charge on any atom is 0.0702 e. The molecular weight excluding hydrogens is 200 g/mol. The highest BCUT2D eigenvalue weighted by molar-refractivity contribution is 4.74. The van der Waals surface area contributed by atoms with Crippen LogP contribution in [0.2, 0.25) is 0 Å². The first kappa shape index (κ1) is 13.9. The molecule has 0 spiro atoms. The van der Waals surface area contributed by atoms with Gasteiger partial charge in [0, 0.05) is 19.2 Å². The Bertz CT molecular complexity index is 175. The van der Waals surface area contributed by atoms with Crippen molar-refractivity contribution >= 4 is 0 Å². The van der Waals surface area contributed by atoms with Gasteiger partial charge in [0.15, 0.2) is 0 Å². The summed E-state index contributed by atoms with van der Waals surface area (Å²) in [4.78, 5) is 2.55. The highest BCUT2D eigenvalue weighted by atomic mass is 16.5. The summed E-state index contributed by atoms with van der Waals surface area (Å²) in [5, 5.41) is 3.29. The summed E-state index contributed by atoms with van der Waals surface area (Å²) in [5.74, 6) is 0. The Morgan fingerprint density at radius 1 is 1.50 bits per heavy atom. The molecule has 3 heteroatoms. The van der Waals surface area contributed by atoms with E-state index < -0.39 is 0 Å². The second kappa shape index (κ2) is 8.04. The number of nitrogens with one attached hydrogen (secondary N) is 1. The van der Waals surface area contributed by atoms with E-state index in [1.807, 2.05) is 7.05 Å². The maximum atomic E-state index is 5.84. The molecule has 1 aliphatic rings. The van der Waals surface area contributed by atoms with Crippen LogP contribution in [0, 0.1) is 0 Å². The van der Waals surface area contributed by atoms with Gasteiger partial charge in [-0.05, 0) is 52.7 Å². The number of hydrogen-bond acceptors (Lipinski definition) is 3. The third-order valence-electron chi connectivity index (χ3n) is 3.39. The van der Waals surface area contributed by atoms with Crippen molar-refractivity contribution in [3.05, 3.63) is 0 Å². The van der Waals surface area contributed by atoms with Crippen molar-refractivity contribution in [1.82, 2.24) is 10.2 Å². The van der Waals surface area contributed by atoms with Crippen LogP contribution in [-0.4, -0.2) is 50.3 Å². The number of hydrogen-bond donors (Lipinski definition) is 1. The van der Waals surface area contributed by atoms with Crippen molar-refractivity contribution < 1.29 is 4.74 Å². The Kier molecular flexibility index (Phi) is 7.01. The SMILES string of the molecule is CCCOC1CCCN(CCC(C)NC)C1. The van der Waals surface area contributed by atoms with E-state index in [1.54, 1.807) is 0 Å². The third-order valence-corrected chi connectivity index (χ3v) is 3.39. The van der Waals surface area contributed by atoms with Crippen molar-refractivity contribution in [3.8, 4) is 0 Å². The van der Waals surface area contributed by atoms with Crippen LogP contribution in [0.1, 0.15) is 39.5 Å². The number of piperidine rings is 1. The Hall–Kier alpha value is -0.120. The van der Waals surface area contributed by atoms with Gasteiger partial charge in [-0.3, -0.25) is 0 Å². The van der Waals surface area contributed by atoms with Crippen LogP contribution in [0.5, 0.6) is 0 Å². The van der Waals surface area contributed by atoms with Crippen LogP contribution in [0.3, 0.4) is 0 Å². The van der Waals surface area contributed by atoms with Crippen molar-refractivity contribution in [3.63, 3.8) is 0 Å². The standard InChI is InChI=1S/C13H28N2O/c1-4-10-16-13-6-5-8-15(11-13)9-7-12(2)14-3/h12-14H,4-11H2,1-3H3. The van der Waals surface area contributed by atoms with E-state index in [-0.39, 0.29) is 0 Å². The van der Waals surface area contributed by atoms with Gasteiger partial charge in [0.1, 0.15) is 0 Å². The van der Waals surface area contributed by atoms with Gasteiger partial charge in [-0.15, -0.1) is 0 Å². The normalized spacial score (nSPS) is 24.6. The molecule has 2 unspecified atom stereocenters. The van der Waals surface area contributed by atoms with Crippen LogP contribution >= 0.6 is 0 Å². The summed E-state index contributed by atoms with van der Waals surface area (Å²) in [5.41, 5.74) is 0. The fraction of sp³-hybridized carbons (Fsp3) is 1.00. The molecule has 0 aromatic heterocycles. The van der Waals surface area contributed by atoms with Gasteiger partial charge in [-0.1, -0.05) is 6.92 Å². The van der Waals surface area contributed by atoms with Gasteiger partial charge in [0.05, 0.1) is 6.10 Å². The lowest BCUT2D eigenvalue weighted by Gasteiger charge is -2.33. The molecule has 1 rings (SSSR count). The Labute approximate surface area is 101 Å². The predicted molar refractivity (Wildman–Crippen MR) is 68.8 cm³/mol. The third kappa shape index (κ3) is 5.28. The molecule has 1 saturated heterocycles. The molecule has 0 aromatic carbocycles. The average molecular weight is 228 g/mol. The molecule has 0 amide bonds. The largest absolute Gasteiger partial charge is 0.377 e. The highest BCUT2D eigenvalue weighted by Gasteiger charge is 2.19. The zero-order valence-corrected chi connectivity index (χ0v) is 11.2. The fourth-order valence-corrected chi connectivity index (χ4v) is 2.16. The van der Waals surface area contributed by atoms with Crippen LogP contribution in [0.4, 0.5) is 0 Å². The molecular formula is C13H28N2O. The zero-order valence-electron chi connectivity index (χ0n) is 11.2. The first-order valence-electron chi connectivity index (χ1n) is 6.77. The molecule has 1 heterocycles. The van der Waals surface area contributed by atoms with Crippen LogP contribution in [0.25, 0.3) is 0 Å². The van der Waals surface area contributed by atoms with Gasteiger partial charge in [0.2, 0.25) is 0 Å². The van der Waals surface area contributed by atoms with E-state index in [4.69, 9.17) is 4.74 Å². The van der Waals surface area contributed by atoms with Crippen molar-refractivity contribution in [1.29, 1.82) is 0 Å². The molecule has 0 bridgehead atoms. The minimum atomic E-state index is 0.485. The smallest absolute Gasteiger partial charge is 0.0702 e. The minimum Gasteiger partial charge on any atom is -0.377 e. The molecule has 0 radical (unpaired) electrons. The van der Waals surface area contributed by atoms with Crippen LogP contribution in [-0.2, 0) is 4.74 Å². The van der Waals surface area contributed by atoms with Crippen molar-refractivity contribution in [2.45, 2.75) is 51.7 Å². The molecule has 3 nitrogen and oxygen atoms in total. The molecule has 1 N–H and O–H groups in total. The van der Waals surface area contributed by atoms with Gasteiger partial charge < -0.3 is 15.0 Å². The molecule has 1 fully saturated rings. The lowest BCUT2D eigenvalue weighted by molar-refractivity contribution is -0.000686. The summed E-state index contributed by atoms with van der Waals surface area (Å²) in [6.07, 6.45) is 5.39. The monoisotopic (exact) mass is 228 g/mol. The summed E-state index contributed by atoms with van der Waals surface area (Å²) in [6.45, 7) is 8.93. The molecule has 96 valence electrons. The fourth-order valence-electron chi connectivity index (χ4n) is 2.16. The second-order valence-electron chi connectivity index (χ2n) is 4.91. The Morgan fingerprint density at radius 2 is 2.31 bits per heavy atom. The van der Waals surface area contributed by atoms with Gasteiger partial charge >= 0.3 is 0 Å². The summed E-state index contributed by atoms with van der Waals surface area (Å²) in [6, 6.07) is 0.622. The predicted octanol–water partition coefficient (Wildman–Crippen LogP) is 1.88. The molecule has 1 aliphatic heterocycles. The summed E-state index contributed by atoms with van der Waals surface area (Å²) in [7, 11) is 2.04. The van der Waals surface area contributed by atoms with Gasteiger partial charge in [-0.2, -0.15) is 0 Å². The van der Waals surface area contributed by atoms with Crippen molar-refractivity contribution in [2.75, 3.05) is 33.3 Å².